The molecule has 0 amide bonds. The minimum atomic E-state index is -0.770. The fourth-order valence-electron chi connectivity index (χ4n) is 2.51. The molecule has 1 aromatic carbocycles. The summed E-state index contributed by atoms with van der Waals surface area (Å²) >= 11 is 0. The quantitative estimate of drug-likeness (QED) is 0.838. The van der Waals surface area contributed by atoms with E-state index in [-0.39, 0.29) is 17.8 Å². The van der Waals surface area contributed by atoms with Crippen LogP contribution in [0.15, 0.2) is 18.2 Å². The van der Waals surface area contributed by atoms with E-state index in [1.807, 2.05) is 6.07 Å². The van der Waals surface area contributed by atoms with E-state index >= 15 is 0 Å². The average Bonchev–Trinajstić information content (AvgIpc) is 2.72. The van der Waals surface area contributed by atoms with Crippen molar-refractivity contribution in [1.82, 2.24) is 5.32 Å². The molecule has 0 fully saturated rings. The van der Waals surface area contributed by atoms with E-state index in [1.165, 1.54) is 13.2 Å². The van der Waals surface area contributed by atoms with E-state index in [2.05, 4.69) is 5.32 Å². The Morgan fingerprint density at radius 2 is 2.22 bits per heavy atom. The zero-order valence-corrected chi connectivity index (χ0v) is 10.9. The first kappa shape index (κ1) is 13.0. The van der Waals surface area contributed by atoms with Crippen LogP contribution in [0.25, 0.3) is 0 Å². The van der Waals surface area contributed by atoms with Gasteiger partial charge in [0.1, 0.15) is 11.4 Å². The zero-order chi connectivity index (χ0) is 13.3. The van der Waals surface area contributed by atoms with Crippen LogP contribution < -0.4 is 5.32 Å². The molecule has 1 N–H and O–H groups in total. The summed E-state index contributed by atoms with van der Waals surface area (Å²) in [6.07, 6.45) is 1.51. The average molecular weight is 251 g/mol. The summed E-state index contributed by atoms with van der Waals surface area (Å²) in [6.45, 7) is 3.55. The van der Waals surface area contributed by atoms with Gasteiger partial charge in [0, 0.05) is 6.04 Å². The van der Waals surface area contributed by atoms with Gasteiger partial charge in [-0.25, -0.2) is 4.39 Å². The maximum absolute atomic E-state index is 13.6. The van der Waals surface area contributed by atoms with Crippen molar-refractivity contribution in [3.63, 3.8) is 0 Å². The second-order valence-corrected chi connectivity index (χ2v) is 5.16. The number of benzene rings is 1. The van der Waals surface area contributed by atoms with Crippen molar-refractivity contribution in [2.24, 2.45) is 0 Å². The Morgan fingerprint density at radius 1 is 1.50 bits per heavy atom. The fraction of sp³-hybridized carbons (Fsp3) is 0.500. The molecule has 1 unspecified atom stereocenters. The van der Waals surface area contributed by atoms with Gasteiger partial charge in [-0.3, -0.25) is 10.1 Å². The van der Waals surface area contributed by atoms with Crippen LogP contribution in [-0.2, 0) is 16.0 Å². The topological polar surface area (TPSA) is 38.3 Å². The van der Waals surface area contributed by atoms with Crippen LogP contribution in [0.3, 0.4) is 0 Å². The van der Waals surface area contributed by atoms with Crippen molar-refractivity contribution in [3.8, 4) is 0 Å². The highest BCUT2D eigenvalue weighted by Gasteiger charge is 2.34. The number of hydrogen-bond acceptors (Lipinski definition) is 3. The molecule has 0 heterocycles. The van der Waals surface area contributed by atoms with E-state index in [4.69, 9.17) is 4.74 Å². The Balaban J connectivity index is 2.20. The molecule has 0 saturated carbocycles. The predicted octanol–water partition coefficient (Wildman–Crippen LogP) is 2.35. The number of carbonyl (C=O) groups is 1. The maximum Gasteiger partial charge on any atom is 0.325 e. The van der Waals surface area contributed by atoms with Crippen molar-refractivity contribution < 1.29 is 13.9 Å². The van der Waals surface area contributed by atoms with Crippen LogP contribution in [0.1, 0.15) is 37.4 Å². The number of esters is 1. The first-order valence-corrected chi connectivity index (χ1v) is 6.09. The SMILES string of the molecule is COC(=O)C(C)(C)NC1CCc2c(F)cccc21. The number of rotatable bonds is 3. The summed E-state index contributed by atoms with van der Waals surface area (Å²) in [7, 11) is 1.37. The first-order chi connectivity index (χ1) is 8.45. The highest BCUT2D eigenvalue weighted by atomic mass is 19.1. The Morgan fingerprint density at radius 3 is 2.89 bits per heavy atom. The molecular formula is C14H18FNO2. The van der Waals surface area contributed by atoms with Crippen molar-refractivity contribution in [3.05, 3.63) is 35.1 Å². The van der Waals surface area contributed by atoms with Gasteiger partial charge < -0.3 is 4.74 Å². The van der Waals surface area contributed by atoms with Gasteiger partial charge in [-0.05, 0) is 43.9 Å². The summed E-state index contributed by atoms with van der Waals surface area (Å²) in [4.78, 5) is 11.6. The number of nitrogens with one attached hydrogen (secondary N) is 1. The van der Waals surface area contributed by atoms with E-state index in [1.54, 1.807) is 19.9 Å². The predicted molar refractivity (Wildman–Crippen MR) is 66.7 cm³/mol. The molecule has 1 aliphatic rings. The molecule has 1 aliphatic carbocycles. The van der Waals surface area contributed by atoms with E-state index in [9.17, 15) is 9.18 Å². The minimum absolute atomic E-state index is 0.00444. The highest BCUT2D eigenvalue weighted by Crippen LogP contribution is 2.34. The van der Waals surface area contributed by atoms with Gasteiger partial charge in [-0.2, -0.15) is 0 Å². The van der Waals surface area contributed by atoms with Gasteiger partial charge in [-0.1, -0.05) is 12.1 Å². The molecule has 2 rings (SSSR count). The molecule has 3 nitrogen and oxygen atoms in total. The van der Waals surface area contributed by atoms with Crippen LogP contribution in [0.2, 0.25) is 0 Å². The summed E-state index contributed by atoms with van der Waals surface area (Å²) in [5, 5.41) is 3.25. The number of hydrogen-bond donors (Lipinski definition) is 1. The third-order valence-corrected chi connectivity index (χ3v) is 3.44. The Hall–Kier alpha value is -1.42. The maximum atomic E-state index is 13.6. The van der Waals surface area contributed by atoms with Gasteiger partial charge in [0.15, 0.2) is 0 Å². The van der Waals surface area contributed by atoms with Crippen molar-refractivity contribution in [2.45, 2.75) is 38.3 Å². The first-order valence-electron chi connectivity index (χ1n) is 6.09. The minimum Gasteiger partial charge on any atom is -0.468 e. The second kappa shape index (κ2) is 4.69. The molecule has 0 aliphatic heterocycles. The number of carbonyl (C=O) groups excluding carboxylic acids is 1. The van der Waals surface area contributed by atoms with Crippen LogP contribution in [-0.4, -0.2) is 18.6 Å². The Labute approximate surface area is 106 Å². The normalized spacial score (nSPS) is 18.6. The lowest BCUT2D eigenvalue weighted by atomic mass is 10.0. The molecule has 0 saturated heterocycles. The van der Waals surface area contributed by atoms with Gasteiger partial charge in [0.25, 0.3) is 0 Å². The molecule has 98 valence electrons. The smallest absolute Gasteiger partial charge is 0.325 e. The number of methoxy groups -OCH3 is 1. The summed E-state index contributed by atoms with van der Waals surface area (Å²) < 4.78 is 18.4. The molecule has 0 spiro atoms. The molecule has 0 radical (unpaired) electrons. The van der Waals surface area contributed by atoms with Gasteiger partial charge in [0.2, 0.25) is 0 Å². The molecule has 4 heteroatoms. The van der Waals surface area contributed by atoms with E-state index in [0.29, 0.717) is 6.42 Å². The number of fused-ring (bicyclic) bond motifs is 1. The van der Waals surface area contributed by atoms with Gasteiger partial charge in [0.05, 0.1) is 7.11 Å². The Kier molecular flexibility index (Phi) is 3.39. The largest absolute Gasteiger partial charge is 0.468 e. The molecular weight excluding hydrogens is 233 g/mol. The standard InChI is InChI=1S/C14H18FNO2/c1-14(2,13(17)18-3)16-12-8-7-9-10(12)5-4-6-11(9)15/h4-6,12,16H,7-8H2,1-3H3. The second-order valence-electron chi connectivity index (χ2n) is 5.16. The third kappa shape index (κ3) is 2.25. The molecule has 18 heavy (non-hydrogen) atoms. The van der Waals surface area contributed by atoms with Crippen molar-refractivity contribution in [1.29, 1.82) is 0 Å². The lowest BCUT2D eigenvalue weighted by Crippen LogP contribution is -2.48. The monoisotopic (exact) mass is 251 g/mol. The van der Waals surface area contributed by atoms with E-state index < -0.39 is 5.54 Å². The molecule has 1 atom stereocenters. The fourth-order valence-corrected chi connectivity index (χ4v) is 2.51. The molecule has 1 aromatic rings. The zero-order valence-electron chi connectivity index (χ0n) is 10.9. The van der Waals surface area contributed by atoms with Crippen LogP contribution in [0.4, 0.5) is 4.39 Å². The molecule has 0 bridgehead atoms. The summed E-state index contributed by atoms with van der Waals surface area (Å²) in [5.74, 6) is -0.472. The number of halogens is 1. The van der Waals surface area contributed by atoms with Gasteiger partial charge >= 0.3 is 5.97 Å². The van der Waals surface area contributed by atoms with Crippen molar-refractivity contribution in [2.75, 3.05) is 7.11 Å². The third-order valence-electron chi connectivity index (χ3n) is 3.44. The van der Waals surface area contributed by atoms with E-state index in [0.717, 1.165) is 17.5 Å². The lowest BCUT2D eigenvalue weighted by molar-refractivity contribution is -0.147. The highest BCUT2D eigenvalue weighted by molar-refractivity contribution is 5.79. The Bertz CT molecular complexity index is 471. The molecule has 0 aromatic heterocycles. The summed E-state index contributed by atoms with van der Waals surface area (Å²) in [5.41, 5.74) is 0.940. The lowest BCUT2D eigenvalue weighted by Gasteiger charge is -2.27. The van der Waals surface area contributed by atoms with Crippen molar-refractivity contribution >= 4 is 5.97 Å². The van der Waals surface area contributed by atoms with Crippen LogP contribution in [0, 0.1) is 5.82 Å². The van der Waals surface area contributed by atoms with Crippen LogP contribution in [0.5, 0.6) is 0 Å². The number of ether oxygens (including phenoxy) is 1. The van der Waals surface area contributed by atoms with Gasteiger partial charge in [-0.15, -0.1) is 0 Å². The summed E-state index contributed by atoms with van der Waals surface area (Å²) in [6, 6.07) is 5.10. The van der Waals surface area contributed by atoms with Crippen LogP contribution >= 0.6 is 0 Å².